The van der Waals surface area contributed by atoms with E-state index in [0.29, 0.717) is 23.0 Å². The minimum atomic E-state index is -0.0808. The average Bonchev–Trinajstić information content (AvgIpc) is 3.00. The van der Waals surface area contributed by atoms with Crippen LogP contribution in [0.5, 0.6) is 0 Å². The molecule has 1 aliphatic rings. The number of carbonyl (C=O) groups is 1. The molecule has 21 heavy (non-hydrogen) atoms. The number of halogens is 2. The minimum absolute atomic E-state index is 0.0808. The summed E-state index contributed by atoms with van der Waals surface area (Å²) in [6, 6.07) is 11.8. The van der Waals surface area contributed by atoms with Gasteiger partial charge in [0.1, 0.15) is 5.15 Å². The van der Waals surface area contributed by atoms with E-state index in [2.05, 4.69) is 17.1 Å². The van der Waals surface area contributed by atoms with Crippen molar-refractivity contribution in [3.63, 3.8) is 0 Å². The summed E-state index contributed by atoms with van der Waals surface area (Å²) in [5, 5.41) is 0.620. The Morgan fingerprint density at radius 2 is 2.00 bits per heavy atom. The maximum Gasteiger partial charge on any atom is 0.255 e. The smallest absolute Gasteiger partial charge is 0.255 e. The average molecular weight is 321 g/mol. The molecule has 2 heterocycles. The molecule has 1 saturated heterocycles. The monoisotopic (exact) mass is 320 g/mol. The number of benzene rings is 1. The fourth-order valence-corrected chi connectivity index (χ4v) is 3.03. The molecule has 1 fully saturated rings. The van der Waals surface area contributed by atoms with Crippen LogP contribution in [0.3, 0.4) is 0 Å². The predicted octanol–water partition coefficient (Wildman–Crippen LogP) is 4.02. The van der Waals surface area contributed by atoms with Crippen LogP contribution >= 0.6 is 23.2 Å². The van der Waals surface area contributed by atoms with E-state index < -0.39 is 0 Å². The number of rotatable bonds is 2. The number of carbonyl (C=O) groups excluding carboxylic acids is 1. The van der Waals surface area contributed by atoms with E-state index >= 15 is 0 Å². The molecule has 0 bridgehead atoms. The van der Waals surface area contributed by atoms with Crippen LogP contribution < -0.4 is 0 Å². The number of hydrogen-bond donors (Lipinski definition) is 0. The Bertz CT molecular complexity index is 661. The van der Waals surface area contributed by atoms with Gasteiger partial charge < -0.3 is 4.90 Å². The second kappa shape index (κ2) is 6.04. The summed E-state index contributed by atoms with van der Waals surface area (Å²) < 4.78 is 0. The summed E-state index contributed by atoms with van der Waals surface area (Å²) in [5.41, 5.74) is 1.69. The van der Waals surface area contributed by atoms with E-state index in [1.807, 2.05) is 23.1 Å². The summed E-state index contributed by atoms with van der Waals surface area (Å²) in [5.74, 6) is 0.300. The van der Waals surface area contributed by atoms with Crippen LogP contribution in [0.15, 0.2) is 42.6 Å². The van der Waals surface area contributed by atoms with Crippen LogP contribution in [0.4, 0.5) is 0 Å². The second-order valence-corrected chi connectivity index (χ2v) is 5.93. The summed E-state index contributed by atoms with van der Waals surface area (Å²) in [4.78, 5) is 18.3. The van der Waals surface area contributed by atoms with Gasteiger partial charge >= 0.3 is 0 Å². The van der Waals surface area contributed by atoms with Crippen molar-refractivity contribution in [1.29, 1.82) is 0 Å². The molecule has 1 aromatic heterocycles. The molecule has 3 nitrogen and oxygen atoms in total. The molecular formula is C16H14Cl2N2O. The first-order valence-corrected chi connectivity index (χ1v) is 7.56. The number of aromatic nitrogens is 1. The first-order chi connectivity index (χ1) is 10.1. The van der Waals surface area contributed by atoms with E-state index in [1.165, 1.54) is 17.8 Å². The Hall–Kier alpha value is -1.58. The fourth-order valence-electron chi connectivity index (χ4n) is 2.69. The quantitative estimate of drug-likeness (QED) is 0.783. The van der Waals surface area contributed by atoms with Gasteiger partial charge in [-0.15, -0.1) is 0 Å². The SMILES string of the molecule is O=C(c1cc(Cl)ncc1Cl)N1CCC(c2ccccc2)C1. The largest absolute Gasteiger partial charge is 0.338 e. The molecule has 0 aliphatic carbocycles. The third kappa shape index (κ3) is 3.04. The molecule has 0 N–H and O–H groups in total. The molecule has 0 radical (unpaired) electrons. The van der Waals surface area contributed by atoms with Crippen LogP contribution in [0.2, 0.25) is 10.2 Å². The molecular weight excluding hydrogens is 307 g/mol. The lowest BCUT2D eigenvalue weighted by molar-refractivity contribution is 0.0791. The van der Waals surface area contributed by atoms with Crippen molar-refractivity contribution in [3.05, 3.63) is 63.9 Å². The highest BCUT2D eigenvalue weighted by Gasteiger charge is 2.29. The molecule has 1 aromatic carbocycles. The van der Waals surface area contributed by atoms with Gasteiger partial charge in [0.2, 0.25) is 0 Å². The van der Waals surface area contributed by atoms with E-state index in [-0.39, 0.29) is 11.1 Å². The van der Waals surface area contributed by atoms with Crippen molar-refractivity contribution < 1.29 is 4.79 Å². The van der Waals surface area contributed by atoms with Gasteiger partial charge in [-0.3, -0.25) is 4.79 Å². The molecule has 1 unspecified atom stereocenters. The van der Waals surface area contributed by atoms with Crippen LogP contribution in [-0.4, -0.2) is 28.9 Å². The van der Waals surface area contributed by atoms with Crippen molar-refractivity contribution in [2.45, 2.75) is 12.3 Å². The molecule has 1 aliphatic heterocycles. The standard InChI is InChI=1S/C16H14Cl2N2O/c17-14-9-19-15(18)8-13(14)16(21)20-7-6-12(10-20)11-4-2-1-3-5-11/h1-5,8-9,12H,6-7,10H2. The van der Waals surface area contributed by atoms with Gasteiger partial charge in [0, 0.05) is 25.2 Å². The predicted molar refractivity (Wildman–Crippen MR) is 84.0 cm³/mol. The number of amides is 1. The zero-order valence-corrected chi connectivity index (χ0v) is 12.8. The molecule has 1 atom stereocenters. The zero-order valence-electron chi connectivity index (χ0n) is 11.3. The third-order valence-corrected chi connectivity index (χ3v) is 4.31. The summed E-state index contributed by atoms with van der Waals surface area (Å²) in [6.07, 6.45) is 2.38. The first kappa shape index (κ1) is 14.4. The van der Waals surface area contributed by atoms with Gasteiger partial charge in [-0.2, -0.15) is 0 Å². The Balaban J connectivity index is 1.77. The molecule has 3 rings (SSSR count). The molecule has 1 amide bonds. The molecule has 108 valence electrons. The Morgan fingerprint density at radius 1 is 1.24 bits per heavy atom. The lowest BCUT2D eigenvalue weighted by Crippen LogP contribution is -2.28. The fraction of sp³-hybridized carbons (Fsp3) is 0.250. The van der Waals surface area contributed by atoms with E-state index in [4.69, 9.17) is 23.2 Å². The van der Waals surface area contributed by atoms with Crippen LogP contribution in [0.25, 0.3) is 0 Å². The number of nitrogens with zero attached hydrogens (tertiary/aromatic N) is 2. The van der Waals surface area contributed by atoms with E-state index in [0.717, 1.165) is 13.0 Å². The number of pyridine rings is 1. The Labute approximate surface area is 133 Å². The van der Waals surface area contributed by atoms with Crippen molar-refractivity contribution >= 4 is 29.1 Å². The molecule has 5 heteroatoms. The van der Waals surface area contributed by atoms with Gasteiger partial charge in [0.15, 0.2) is 0 Å². The minimum Gasteiger partial charge on any atom is -0.338 e. The molecule has 0 saturated carbocycles. The lowest BCUT2D eigenvalue weighted by Gasteiger charge is -2.17. The van der Waals surface area contributed by atoms with Crippen molar-refractivity contribution in [1.82, 2.24) is 9.88 Å². The summed E-state index contributed by atoms with van der Waals surface area (Å²) in [7, 11) is 0. The first-order valence-electron chi connectivity index (χ1n) is 6.80. The van der Waals surface area contributed by atoms with Crippen molar-refractivity contribution in [3.8, 4) is 0 Å². The number of hydrogen-bond acceptors (Lipinski definition) is 2. The van der Waals surface area contributed by atoms with E-state index in [1.54, 1.807) is 0 Å². The molecule has 2 aromatic rings. The Kier molecular flexibility index (Phi) is 4.13. The van der Waals surface area contributed by atoms with E-state index in [9.17, 15) is 4.79 Å². The van der Waals surface area contributed by atoms with Crippen LogP contribution in [-0.2, 0) is 0 Å². The van der Waals surface area contributed by atoms with Gasteiger partial charge in [-0.05, 0) is 18.1 Å². The number of likely N-dealkylation sites (tertiary alicyclic amines) is 1. The van der Waals surface area contributed by atoms with Gasteiger partial charge in [-0.25, -0.2) is 4.98 Å². The highest BCUT2D eigenvalue weighted by molar-refractivity contribution is 6.35. The van der Waals surface area contributed by atoms with Crippen LogP contribution in [0.1, 0.15) is 28.3 Å². The topological polar surface area (TPSA) is 33.2 Å². The normalized spacial score (nSPS) is 18.0. The second-order valence-electron chi connectivity index (χ2n) is 5.13. The van der Waals surface area contributed by atoms with Crippen molar-refractivity contribution in [2.75, 3.05) is 13.1 Å². The Morgan fingerprint density at radius 3 is 2.76 bits per heavy atom. The summed E-state index contributed by atoms with van der Waals surface area (Å²) in [6.45, 7) is 1.44. The highest BCUT2D eigenvalue weighted by Crippen LogP contribution is 2.29. The summed E-state index contributed by atoms with van der Waals surface area (Å²) >= 11 is 11.9. The van der Waals surface area contributed by atoms with Gasteiger partial charge in [0.05, 0.1) is 10.6 Å². The van der Waals surface area contributed by atoms with Crippen molar-refractivity contribution in [2.24, 2.45) is 0 Å². The maximum absolute atomic E-state index is 12.6. The molecule has 0 spiro atoms. The highest BCUT2D eigenvalue weighted by atomic mass is 35.5. The van der Waals surface area contributed by atoms with Gasteiger partial charge in [-0.1, -0.05) is 53.5 Å². The maximum atomic E-state index is 12.6. The zero-order chi connectivity index (χ0) is 14.8. The van der Waals surface area contributed by atoms with Crippen LogP contribution in [0, 0.1) is 0 Å². The third-order valence-electron chi connectivity index (χ3n) is 3.80. The lowest BCUT2D eigenvalue weighted by atomic mass is 9.99. The van der Waals surface area contributed by atoms with Gasteiger partial charge in [0.25, 0.3) is 5.91 Å².